The molecule has 0 saturated carbocycles. The maximum atomic E-state index is 13.5. The lowest BCUT2D eigenvalue weighted by Crippen LogP contribution is -2.38. The Morgan fingerprint density at radius 2 is 2.09 bits per heavy atom. The topological polar surface area (TPSA) is 31.2 Å². The lowest BCUT2D eigenvalue weighted by molar-refractivity contribution is 0.350. The molecule has 5 heteroatoms. The number of hydrogen-bond donors (Lipinski definition) is 0. The van der Waals surface area contributed by atoms with Crippen LogP contribution in [0.3, 0.4) is 0 Å². The Labute approximate surface area is 129 Å². The third-order valence-corrected chi connectivity index (χ3v) is 4.54. The van der Waals surface area contributed by atoms with E-state index in [9.17, 15) is 4.39 Å². The van der Waals surface area contributed by atoms with E-state index in [1.165, 1.54) is 6.07 Å². The minimum absolute atomic E-state index is 0.173. The summed E-state index contributed by atoms with van der Waals surface area (Å²) in [7, 11) is 0. The molecule has 4 nitrogen and oxygen atoms in total. The highest BCUT2D eigenvalue weighted by molar-refractivity contribution is 6.06. The molecule has 1 aromatic carbocycles. The Morgan fingerprint density at radius 1 is 1.23 bits per heavy atom. The second kappa shape index (κ2) is 5.23. The summed E-state index contributed by atoms with van der Waals surface area (Å²) in [5, 5.41) is 6.77. The number of hydrogen-bond acceptors (Lipinski definition) is 4. The number of rotatable bonds is 1. The molecule has 0 bridgehead atoms. The molecule has 22 heavy (non-hydrogen) atoms. The molecule has 0 aromatic heterocycles. The molecule has 1 aromatic rings. The quantitative estimate of drug-likeness (QED) is 0.798. The first-order chi connectivity index (χ1) is 10.7. The molecule has 0 aliphatic carbocycles. The van der Waals surface area contributed by atoms with Crippen LogP contribution in [0.5, 0.6) is 0 Å². The summed E-state index contributed by atoms with van der Waals surface area (Å²) >= 11 is 0. The van der Waals surface area contributed by atoms with Gasteiger partial charge in [-0.05, 0) is 49.6 Å². The molecule has 2 atom stereocenters. The zero-order chi connectivity index (χ0) is 15.1. The van der Waals surface area contributed by atoms with E-state index < -0.39 is 0 Å². The van der Waals surface area contributed by atoms with Gasteiger partial charge in [-0.2, -0.15) is 5.10 Å². The Morgan fingerprint density at radius 3 is 2.95 bits per heavy atom. The average molecular weight is 298 g/mol. The Hall–Kier alpha value is -2.17. The van der Waals surface area contributed by atoms with Crippen molar-refractivity contribution in [3.05, 3.63) is 47.8 Å². The van der Waals surface area contributed by atoms with Crippen LogP contribution in [0.4, 0.5) is 4.39 Å². The largest absolute Gasteiger partial charge is 0.348 e. The van der Waals surface area contributed by atoms with E-state index in [-0.39, 0.29) is 11.9 Å². The van der Waals surface area contributed by atoms with Gasteiger partial charge in [-0.3, -0.25) is 4.99 Å². The number of nitrogens with zero attached hydrogens (tertiary/aromatic N) is 4. The fourth-order valence-corrected chi connectivity index (χ4v) is 3.43. The molecule has 114 valence electrons. The van der Waals surface area contributed by atoms with Gasteiger partial charge in [0.05, 0.1) is 18.6 Å². The lowest BCUT2D eigenvalue weighted by atomic mass is 10.0. The second-order valence-corrected chi connectivity index (χ2v) is 6.09. The summed E-state index contributed by atoms with van der Waals surface area (Å²) in [6.07, 6.45) is 6.20. The van der Waals surface area contributed by atoms with E-state index in [4.69, 9.17) is 5.10 Å². The van der Waals surface area contributed by atoms with Crippen molar-refractivity contribution in [2.75, 3.05) is 13.1 Å². The van der Waals surface area contributed by atoms with E-state index in [1.54, 1.807) is 12.1 Å². The van der Waals surface area contributed by atoms with Crippen LogP contribution in [-0.2, 0) is 0 Å². The number of benzene rings is 1. The highest BCUT2D eigenvalue weighted by Crippen LogP contribution is 2.33. The Kier molecular flexibility index (Phi) is 3.21. The Bertz CT molecular complexity index is 679. The van der Waals surface area contributed by atoms with Crippen molar-refractivity contribution in [1.29, 1.82) is 0 Å². The number of halogens is 1. The van der Waals surface area contributed by atoms with Crippen LogP contribution in [0.2, 0.25) is 0 Å². The van der Waals surface area contributed by atoms with Crippen LogP contribution in [0.15, 0.2) is 46.5 Å². The van der Waals surface area contributed by atoms with Crippen LogP contribution < -0.4 is 0 Å². The molecule has 0 radical (unpaired) electrons. The van der Waals surface area contributed by atoms with Gasteiger partial charge in [0.1, 0.15) is 17.5 Å². The molecular formula is C17H19FN4. The number of fused-ring (bicyclic) bond motifs is 1. The van der Waals surface area contributed by atoms with Crippen LogP contribution in [-0.4, -0.2) is 40.7 Å². The van der Waals surface area contributed by atoms with Crippen molar-refractivity contribution < 1.29 is 4.39 Å². The maximum Gasteiger partial charge on any atom is 0.149 e. The van der Waals surface area contributed by atoms with Gasteiger partial charge in [-0.1, -0.05) is 12.1 Å². The normalized spacial score (nSPS) is 27.0. The smallest absolute Gasteiger partial charge is 0.149 e. The van der Waals surface area contributed by atoms with Gasteiger partial charge in [0, 0.05) is 6.54 Å². The number of amidine groups is 2. The van der Waals surface area contributed by atoms with Crippen molar-refractivity contribution in [3.8, 4) is 0 Å². The van der Waals surface area contributed by atoms with E-state index in [1.807, 2.05) is 23.2 Å². The molecule has 0 spiro atoms. The van der Waals surface area contributed by atoms with Gasteiger partial charge in [-0.15, -0.1) is 0 Å². The van der Waals surface area contributed by atoms with Gasteiger partial charge in [0.15, 0.2) is 0 Å². The summed E-state index contributed by atoms with van der Waals surface area (Å²) in [6, 6.07) is 7.44. The standard InChI is InChI=1S/C17H19FN4/c1-12-11-19-16-7-8-17(20-22(12)16)21-9-3-6-15(21)13-4-2-5-14(18)10-13/h2,4-5,7-8,10,12,15H,3,6,9,11H2,1H3/t12?,15-/m1/s1. The first kappa shape index (κ1) is 13.5. The molecule has 0 N–H and O–H groups in total. The summed E-state index contributed by atoms with van der Waals surface area (Å²) < 4.78 is 13.5. The third-order valence-electron chi connectivity index (χ3n) is 4.54. The van der Waals surface area contributed by atoms with E-state index >= 15 is 0 Å². The zero-order valence-electron chi connectivity index (χ0n) is 12.6. The minimum Gasteiger partial charge on any atom is -0.348 e. The Balaban J connectivity index is 1.63. The molecule has 1 fully saturated rings. The van der Waals surface area contributed by atoms with E-state index in [0.717, 1.165) is 43.2 Å². The second-order valence-electron chi connectivity index (χ2n) is 6.09. The van der Waals surface area contributed by atoms with Crippen molar-refractivity contribution in [3.63, 3.8) is 0 Å². The molecule has 3 aliphatic rings. The maximum absolute atomic E-state index is 13.5. The van der Waals surface area contributed by atoms with Crippen LogP contribution in [0.25, 0.3) is 0 Å². The molecule has 3 aliphatic heterocycles. The molecule has 3 heterocycles. The van der Waals surface area contributed by atoms with E-state index in [2.05, 4.69) is 16.8 Å². The summed E-state index contributed by atoms with van der Waals surface area (Å²) in [5.41, 5.74) is 1.03. The van der Waals surface area contributed by atoms with E-state index in [0.29, 0.717) is 6.04 Å². The predicted octanol–water partition coefficient (Wildman–Crippen LogP) is 2.95. The molecule has 1 unspecified atom stereocenters. The SMILES string of the molecule is CC1CN=C2C=CC(N3CCC[C@@H]3c3cccc(F)c3)=NN21. The van der Waals surface area contributed by atoms with Gasteiger partial charge in [0.2, 0.25) is 0 Å². The van der Waals surface area contributed by atoms with Gasteiger partial charge >= 0.3 is 0 Å². The number of aliphatic imine (C=N–C) groups is 1. The number of hydrazone groups is 1. The van der Waals surface area contributed by atoms with Crippen molar-refractivity contribution in [1.82, 2.24) is 9.91 Å². The molecule has 1 saturated heterocycles. The highest BCUT2D eigenvalue weighted by Gasteiger charge is 2.32. The van der Waals surface area contributed by atoms with Gasteiger partial charge in [0.25, 0.3) is 0 Å². The van der Waals surface area contributed by atoms with Crippen LogP contribution >= 0.6 is 0 Å². The first-order valence-electron chi connectivity index (χ1n) is 7.85. The summed E-state index contributed by atoms with van der Waals surface area (Å²) in [4.78, 5) is 6.75. The molecular weight excluding hydrogens is 279 g/mol. The molecule has 0 amide bonds. The lowest BCUT2D eigenvalue weighted by Gasteiger charge is -2.31. The highest BCUT2D eigenvalue weighted by atomic mass is 19.1. The molecule has 4 rings (SSSR count). The van der Waals surface area contributed by atoms with Crippen molar-refractivity contribution in [2.45, 2.75) is 31.8 Å². The van der Waals surface area contributed by atoms with Crippen molar-refractivity contribution >= 4 is 11.7 Å². The summed E-state index contributed by atoms with van der Waals surface area (Å²) in [6.45, 7) is 3.88. The predicted molar refractivity (Wildman–Crippen MR) is 85.3 cm³/mol. The monoisotopic (exact) mass is 298 g/mol. The average Bonchev–Trinajstić information content (AvgIpc) is 3.14. The number of likely N-dealkylation sites (tertiary alicyclic amines) is 1. The van der Waals surface area contributed by atoms with Crippen molar-refractivity contribution in [2.24, 2.45) is 10.1 Å². The fraction of sp³-hybridized carbons (Fsp3) is 0.412. The zero-order valence-corrected chi connectivity index (χ0v) is 12.6. The summed E-state index contributed by atoms with van der Waals surface area (Å²) in [5.74, 6) is 1.73. The van der Waals surface area contributed by atoms with Gasteiger partial charge < -0.3 is 4.90 Å². The first-order valence-corrected chi connectivity index (χ1v) is 7.85. The third kappa shape index (κ3) is 2.21. The fourth-order valence-electron chi connectivity index (χ4n) is 3.43. The minimum atomic E-state index is -0.173. The van der Waals surface area contributed by atoms with Crippen LogP contribution in [0.1, 0.15) is 31.4 Å². The van der Waals surface area contributed by atoms with Gasteiger partial charge in [-0.25, -0.2) is 9.40 Å². The van der Waals surface area contributed by atoms with Crippen LogP contribution in [0, 0.1) is 5.82 Å².